The van der Waals surface area contributed by atoms with Crippen LogP contribution >= 0.6 is 0 Å². The van der Waals surface area contributed by atoms with E-state index in [1.165, 1.54) is 15.5 Å². The van der Waals surface area contributed by atoms with Gasteiger partial charge in [0.2, 0.25) is 18.6 Å². The van der Waals surface area contributed by atoms with Gasteiger partial charge in [-0.1, -0.05) is 57.2 Å². The molecule has 3 aromatic carbocycles. The van der Waals surface area contributed by atoms with Crippen LogP contribution in [0.15, 0.2) is 71.7 Å². The van der Waals surface area contributed by atoms with Crippen molar-refractivity contribution in [2.75, 3.05) is 26.2 Å². The number of hydrogen-bond donors (Lipinski definition) is 4. The number of ether oxygens (including phenoxy) is 2. The molecule has 1 aliphatic rings. The number of anilines is 2. The van der Waals surface area contributed by atoms with E-state index in [-0.39, 0.29) is 59.4 Å². The average molecular weight is 571 g/mol. The highest BCUT2D eigenvalue weighted by atomic mass is 16.7. The number of carbonyl (C=O) groups excluding carboxylic acids is 1. The van der Waals surface area contributed by atoms with Crippen LogP contribution < -0.4 is 14.8 Å². The van der Waals surface area contributed by atoms with Crippen molar-refractivity contribution in [3.8, 4) is 29.0 Å². The largest absolute Gasteiger partial charge is 0.505 e. The Hall–Kier alpha value is -5.12. The summed E-state index contributed by atoms with van der Waals surface area (Å²) in [6, 6.07) is 19.6. The summed E-state index contributed by atoms with van der Waals surface area (Å²) in [5.41, 5.74) is 2.06. The van der Waals surface area contributed by atoms with E-state index in [9.17, 15) is 20.1 Å². The first-order valence-electron chi connectivity index (χ1n) is 13.4. The van der Waals surface area contributed by atoms with Gasteiger partial charge in [-0.15, -0.1) is 0 Å². The first kappa shape index (κ1) is 28.4. The van der Waals surface area contributed by atoms with E-state index in [1.54, 1.807) is 32.3 Å². The molecule has 2 heterocycles. The number of nitrogens with zero attached hydrogens (tertiary/aromatic N) is 3. The molecule has 0 saturated carbocycles. The van der Waals surface area contributed by atoms with Gasteiger partial charge in [0, 0.05) is 25.1 Å². The summed E-state index contributed by atoms with van der Waals surface area (Å²) in [6.45, 7) is 6.25. The van der Waals surface area contributed by atoms with Gasteiger partial charge in [-0.2, -0.15) is 0 Å². The maximum atomic E-state index is 12.7. The number of nitrogens with one attached hydrogen (secondary N) is 1. The maximum absolute atomic E-state index is 12.7. The fourth-order valence-corrected chi connectivity index (χ4v) is 4.73. The third kappa shape index (κ3) is 5.43. The fourth-order valence-electron chi connectivity index (χ4n) is 4.73. The van der Waals surface area contributed by atoms with Crippen LogP contribution in [0.3, 0.4) is 0 Å². The lowest BCUT2D eigenvalue weighted by Crippen LogP contribution is -2.21. The Balaban J connectivity index is 1.68. The lowest BCUT2D eigenvalue weighted by atomic mass is 9.85. The molecule has 10 nitrogen and oxygen atoms in total. The first-order chi connectivity index (χ1) is 20.0. The summed E-state index contributed by atoms with van der Waals surface area (Å²) < 4.78 is 12.4. The molecule has 0 saturated heterocycles. The van der Waals surface area contributed by atoms with Crippen molar-refractivity contribution >= 4 is 28.7 Å². The zero-order chi connectivity index (χ0) is 30.2. The Morgan fingerprint density at radius 1 is 0.952 bits per heavy atom. The van der Waals surface area contributed by atoms with Crippen molar-refractivity contribution in [1.29, 1.82) is 0 Å². The van der Waals surface area contributed by atoms with E-state index in [0.29, 0.717) is 17.2 Å². The number of phenols is 1. The number of aliphatic imine (C=N–C) groups is 1. The van der Waals surface area contributed by atoms with Gasteiger partial charge in [0.05, 0.1) is 23.5 Å². The highest BCUT2D eigenvalue weighted by molar-refractivity contribution is 6.07. The van der Waals surface area contributed by atoms with Crippen LogP contribution in [-0.4, -0.2) is 57.3 Å². The summed E-state index contributed by atoms with van der Waals surface area (Å²) in [5.74, 6) is -0.0389. The van der Waals surface area contributed by atoms with Crippen LogP contribution in [-0.2, 0) is 6.54 Å². The second-order valence-electron chi connectivity index (χ2n) is 11.2. The monoisotopic (exact) mass is 570 g/mol. The molecule has 10 heteroatoms. The molecule has 0 bridgehead atoms. The SMILES string of the molecule is CN(C)C(=O)c1cccc(Nc2c(N=C(c3ccc4c(c3)OCO4)C(C)(C)C)c(O)n(Cc3ccccc3)c2O)c1O. The second kappa shape index (κ2) is 11.0. The van der Waals surface area contributed by atoms with E-state index in [1.807, 2.05) is 63.2 Å². The predicted octanol–water partition coefficient (Wildman–Crippen LogP) is 5.99. The van der Waals surface area contributed by atoms with Crippen LogP contribution in [0.1, 0.15) is 42.3 Å². The lowest BCUT2D eigenvalue weighted by molar-refractivity contribution is 0.0824. The van der Waals surface area contributed by atoms with Gasteiger partial charge in [0.1, 0.15) is 5.69 Å². The maximum Gasteiger partial charge on any atom is 0.257 e. The van der Waals surface area contributed by atoms with Crippen LogP contribution in [0.25, 0.3) is 0 Å². The highest BCUT2D eigenvalue weighted by Gasteiger charge is 2.29. The Bertz CT molecular complexity index is 1670. The van der Waals surface area contributed by atoms with Crippen LogP contribution in [0.4, 0.5) is 17.1 Å². The first-order valence-corrected chi connectivity index (χ1v) is 13.4. The number of benzene rings is 3. The number of carbonyl (C=O) groups is 1. The van der Waals surface area contributed by atoms with Gasteiger partial charge >= 0.3 is 0 Å². The van der Waals surface area contributed by atoms with E-state index in [0.717, 1.165) is 11.1 Å². The number of para-hydroxylation sites is 1. The second-order valence-corrected chi connectivity index (χ2v) is 11.2. The minimum Gasteiger partial charge on any atom is -0.505 e. The van der Waals surface area contributed by atoms with Crippen molar-refractivity contribution in [1.82, 2.24) is 9.47 Å². The summed E-state index contributed by atoms with van der Waals surface area (Å²) in [5, 5.41) is 37.0. The van der Waals surface area contributed by atoms with Gasteiger partial charge in [-0.25, -0.2) is 4.99 Å². The summed E-state index contributed by atoms with van der Waals surface area (Å²) >= 11 is 0. The lowest BCUT2D eigenvalue weighted by Gasteiger charge is -2.22. The molecule has 1 aliphatic heterocycles. The molecule has 0 aliphatic carbocycles. The Kier molecular flexibility index (Phi) is 7.47. The average Bonchev–Trinajstić information content (AvgIpc) is 3.50. The van der Waals surface area contributed by atoms with Crippen molar-refractivity contribution in [2.45, 2.75) is 27.3 Å². The van der Waals surface area contributed by atoms with Gasteiger partial charge in [-0.05, 0) is 35.9 Å². The molecule has 0 atom stereocenters. The van der Waals surface area contributed by atoms with Crippen LogP contribution in [0.2, 0.25) is 0 Å². The molecule has 0 unspecified atom stereocenters. The van der Waals surface area contributed by atoms with Gasteiger partial charge in [0.25, 0.3) is 5.91 Å². The number of phenolic OH excluding ortho intramolecular Hbond substituents is 1. The summed E-state index contributed by atoms with van der Waals surface area (Å²) in [6.07, 6.45) is 0. The summed E-state index contributed by atoms with van der Waals surface area (Å²) in [7, 11) is 3.18. The molecule has 1 amide bonds. The van der Waals surface area contributed by atoms with Gasteiger partial charge in [-0.3, -0.25) is 9.36 Å². The van der Waals surface area contributed by atoms with Crippen molar-refractivity contribution in [3.63, 3.8) is 0 Å². The van der Waals surface area contributed by atoms with Gasteiger partial charge in [0.15, 0.2) is 22.9 Å². The molecule has 42 heavy (non-hydrogen) atoms. The number of fused-ring (bicyclic) bond motifs is 1. The molecule has 0 spiro atoms. The summed E-state index contributed by atoms with van der Waals surface area (Å²) in [4.78, 5) is 18.9. The Morgan fingerprint density at radius 2 is 1.67 bits per heavy atom. The quantitative estimate of drug-likeness (QED) is 0.159. The van der Waals surface area contributed by atoms with E-state index >= 15 is 0 Å². The molecule has 0 radical (unpaired) electrons. The van der Waals surface area contributed by atoms with Crippen molar-refractivity contribution < 1.29 is 29.6 Å². The van der Waals surface area contributed by atoms with E-state index < -0.39 is 5.41 Å². The number of rotatable bonds is 7. The number of hydrogen-bond acceptors (Lipinski definition) is 8. The molecule has 218 valence electrons. The normalized spacial score (nSPS) is 12.8. The van der Waals surface area contributed by atoms with E-state index in [4.69, 9.17) is 14.5 Å². The third-order valence-electron chi connectivity index (χ3n) is 6.88. The molecule has 4 N–H and O–H groups in total. The standard InChI is InChI=1S/C32H34N4O6/c1-32(2,3)28(20-14-15-23-24(16-20)42-18-41-23)34-26-25(30(39)36(31(26)40)17-19-10-7-6-8-11-19)33-22-13-9-12-21(27(22)37)29(38)35(4)5/h6-16,33,37,39-40H,17-18H2,1-5H3. The molecular weight excluding hydrogens is 536 g/mol. The van der Waals surface area contributed by atoms with Crippen LogP contribution in [0.5, 0.6) is 29.0 Å². The van der Waals surface area contributed by atoms with E-state index in [2.05, 4.69) is 5.32 Å². The zero-order valence-corrected chi connectivity index (χ0v) is 24.2. The predicted molar refractivity (Wildman–Crippen MR) is 161 cm³/mol. The minimum atomic E-state index is -0.505. The topological polar surface area (TPSA) is 129 Å². The van der Waals surface area contributed by atoms with Crippen molar-refractivity contribution in [3.05, 3.63) is 83.4 Å². The molecular formula is C32H34N4O6. The third-order valence-corrected chi connectivity index (χ3v) is 6.88. The Labute approximate surface area is 244 Å². The van der Waals surface area contributed by atoms with Crippen molar-refractivity contribution in [2.24, 2.45) is 10.4 Å². The molecule has 5 rings (SSSR count). The highest BCUT2D eigenvalue weighted by Crippen LogP contribution is 2.49. The van der Waals surface area contributed by atoms with Crippen LogP contribution in [0, 0.1) is 5.41 Å². The fraction of sp³-hybridized carbons (Fsp3) is 0.250. The molecule has 1 aromatic heterocycles. The number of aromatic nitrogens is 1. The zero-order valence-electron chi connectivity index (χ0n) is 24.2. The number of amides is 1. The Morgan fingerprint density at radius 3 is 2.36 bits per heavy atom. The smallest absolute Gasteiger partial charge is 0.257 e. The molecule has 0 fully saturated rings. The number of aromatic hydroxyl groups is 3. The van der Waals surface area contributed by atoms with Gasteiger partial charge < -0.3 is 35.0 Å². The minimum absolute atomic E-state index is 0.0646. The molecule has 4 aromatic rings.